The van der Waals surface area contributed by atoms with E-state index >= 15 is 0 Å². The summed E-state index contributed by atoms with van der Waals surface area (Å²) >= 11 is 1.87. The van der Waals surface area contributed by atoms with E-state index in [4.69, 9.17) is 5.73 Å². The van der Waals surface area contributed by atoms with Crippen molar-refractivity contribution in [3.05, 3.63) is 16.1 Å². The fraction of sp³-hybridized carbons (Fsp3) is 0.786. The van der Waals surface area contributed by atoms with Gasteiger partial charge in [-0.25, -0.2) is 4.98 Å². The molecule has 1 aliphatic rings. The summed E-state index contributed by atoms with van der Waals surface area (Å²) in [6.07, 6.45) is 4.61. The minimum atomic E-state index is 0.445. The molecular weight excluding hydrogens is 242 g/mol. The molecule has 0 radical (unpaired) electrons. The van der Waals surface area contributed by atoms with E-state index in [-0.39, 0.29) is 0 Å². The minimum Gasteiger partial charge on any atom is -0.330 e. The van der Waals surface area contributed by atoms with E-state index in [1.165, 1.54) is 35.8 Å². The molecule has 2 N–H and O–H groups in total. The minimum absolute atomic E-state index is 0.445. The number of hydrogen-bond donors (Lipinski definition) is 1. The molecule has 0 aromatic carbocycles. The van der Waals surface area contributed by atoms with Gasteiger partial charge < -0.3 is 10.6 Å². The van der Waals surface area contributed by atoms with Crippen molar-refractivity contribution < 1.29 is 0 Å². The molecule has 3 nitrogen and oxygen atoms in total. The number of likely N-dealkylation sites (tertiary alicyclic amines) is 1. The second-order valence-electron chi connectivity index (χ2n) is 5.67. The molecule has 1 aromatic heterocycles. The molecular formula is C14H25N3S. The number of rotatable bonds is 4. The van der Waals surface area contributed by atoms with Crippen LogP contribution in [-0.2, 0) is 0 Å². The van der Waals surface area contributed by atoms with Crippen molar-refractivity contribution in [2.45, 2.75) is 51.5 Å². The Kier molecular flexibility index (Phi) is 4.76. The van der Waals surface area contributed by atoms with E-state index in [1.54, 1.807) is 0 Å². The lowest BCUT2D eigenvalue weighted by molar-refractivity contribution is 0.167. The number of nitrogens with two attached hydrogens (primary N) is 1. The van der Waals surface area contributed by atoms with Gasteiger partial charge in [0.05, 0.1) is 5.01 Å². The summed E-state index contributed by atoms with van der Waals surface area (Å²) in [6, 6.07) is 0.648. The van der Waals surface area contributed by atoms with E-state index in [0.717, 1.165) is 0 Å². The number of piperidine rings is 1. The van der Waals surface area contributed by atoms with Crippen molar-refractivity contribution in [1.29, 1.82) is 0 Å². The second kappa shape index (κ2) is 6.13. The average molecular weight is 267 g/mol. The topological polar surface area (TPSA) is 42.1 Å². The zero-order chi connectivity index (χ0) is 13.1. The molecule has 0 bridgehead atoms. The summed E-state index contributed by atoms with van der Waals surface area (Å²) in [6.45, 7) is 9.87. The molecule has 0 spiro atoms. The second-order valence-corrected chi connectivity index (χ2v) is 6.76. The molecule has 1 aliphatic heterocycles. The maximum absolute atomic E-state index is 5.72. The summed E-state index contributed by atoms with van der Waals surface area (Å²) in [5, 5.41) is 1.32. The van der Waals surface area contributed by atoms with Crippen LogP contribution in [0.15, 0.2) is 6.20 Å². The third kappa shape index (κ3) is 3.11. The van der Waals surface area contributed by atoms with E-state index in [1.807, 2.05) is 17.5 Å². The van der Waals surface area contributed by atoms with E-state index in [9.17, 15) is 0 Å². The fourth-order valence-electron chi connectivity index (χ4n) is 2.51. The normalized spacial score (nSPS) is 23.5. The molecule has 2 rings (SSSR count). The molecule has 1 fully saturated rings. The number of aromatic nitrogens is 1. The quantitative estimate of drug-likeness (QED) is 0.912. The summed E-state index contributed by atoms with van der Waals surface area (Å²) in [5.74, 6) is 1.07. The van der Waals surface area contributed by atoms with Crippen LogP contribution in [0.2, 0.25) is 0 Å². The Bertz CT molecular complexity index is 375. The first-order chi connectivity index (χ1) is 8.61. The Morgan fingerprint density at radius 1 is 1.50 bits per heavy atom. The van der Waals surface area contributed by atoms with Crippen LogP contribution in [-0.4, -0.2) is 35.6 Å². The summed E-state index contributed by atoms with van der Waals surface area (Å²) in [5.41, 5.74) is 5.72. The van der Waals surface area contributed by atoms with Gasteiger partial charge in [0.25, 0.3) is 0 Å². The first-order valence-electron chi connectivity index (χ1n) is 7.01. The molecule has 1 saturated heterocycles. The Hall–Kier alpha value is -0.450. The zero-order valence-corrected chi connectivity index (χ0v) is 12.5. The lowest BCUT2D eigenvalue weighted by Gasteiger charge is -2.34. The number of nitrogens with zero attached hydrogens (tertiary/aromatic N) is 2. The fourth-order valence-corrected chi connectivity index (χ4v) is 3.62. The van der Waals surface area contributed by atoms with Crippen LogP contribution in [0.1, 0.15) is 55.3 Å². The molecule has 4 heteroatoms. The van der Waals surface area contributed by atoms with Crippen LogP contribution in [0.25, 0.3) is 0 Å². The highest BCUT2D eigenvalue weighted by Gasteiger charge is 2.25. The highest BCUT2D eigenvalue weighted by atomic mass is 32.1. The van der Waals surface area contributed by atoms with Crippen LogP contribution in [0.4, 0.5) is 0 Å². The molecule has 102 valence electrons. The molecule has 18 heavy (non-hydrogen) atoms. The largest absolute Gasteiger partial charge is 0.330 e. The highest BCUT2D eigenvalue weighted by Crippen LogP contribution is 2.32. The van der Waals surface area contributed by atoms with Crippen molar-refractivity contribution in [2.75, 3.05) is 19.6 Å². The molecule has 0 saturated carbocycles. The van der Waals surface area contributed by atoms with Crippen molar-refractivity contribution in [1.82, 2.24) is 9.88 Å². The molecule has 2 atom stereocenters. The van der Waals surface area contributed by atoms with Gasteiger partial charge in [0.15, 0.2) is 0 Å². The highest BCUT2D eigenvalue weighted by molar-refractivity contribution is 7.11. The van der Waals surface area contributed by atoms with Gasteiger partial charge in [0.2, 0.25) is 0 Å². The zero-order valence-electron chi connectivity index (χ0n) is 11.7. The van der Waals surface area contributed by atoms with Crippen molar-refractivity contribution in [2.24, 2.45) is 5.73 Å². The molecule has 2 heterocycles. The third-order valence-corrected chi connectivity index (χ3v) is 5.30. The van der Waals surface area contributed by atoms with Gasteiger partial charge in [-0.1, -0.05) is 6.92 Å². The smallest absolute Gasteiger partial charge is 0.0971 e. The Balaban J connectivity index is 2.04. The Morgan fingerprint density at radius 3 is 2.94 bits per heavy atom. The lowest BCUT2D eigenvalue weighted by Crippen LogP contribution is -2.39. The van der Waals surface area contributed by atoms with Gasteiger partial charge in [-0.15, -0.1) is 11.3 Å². The van der Waals surface area contributed by atoms with Gasteiger partial charge >= 0.3 is 0 Å². The van der Waals surface area contributed by atoms with Crippen molar-refractivity contribution >= 4 is 11.3 Å². The average Bonchev–Trinajstić information content (AvgIpc) is 2.87. The van der Waals surface area contributed by atoms with Gasteiger partial charge in [-0.2, -0.15) is 0 Å². The summed E-state index contributed by atoms with van der Waals surface area (Å²) < 4.78 is 0. The van der Waals surface area contributed by atoms with E-state index < -0.39 is 0 Å². The van der Waals surface area contributed by atoms with Gasteiger partial charge in [0.1, 0.15) is 0 Å². The van der Waals surface area contributed by atoms with Crippen LogP contribution in [0.3, 0.4) is 0 Å². The summed E-state index contributed by atoms with van der Waals surface area (Å²) in [7, 11) is 0. The van der Waals surface area contributed by atoms with E-state index in [0.29, 0.717) is 24.4 Å². The standard InChI is InChI=1S/C14H25N3S/c1-10(2)17-6-4-5-12(9-17)14-16-8-13(18-14)11(3)7-15/h8,10-12H,4-7,9,15H2,1-3H3. The van der Waals surface area contributed by atoms with Gasteiger partial charge in [-0.3, -0.25) is 0 Å². The maximum atomic E-state index is 5.72. The first kappa shape index (κ1) is 14.0. The SMILES string of the molecule is CC(CN)c1cnc(C2CCCN(C(C)C)C2)s1. The number of thiazole rings is 1. The predicted octanol–water partition coefficient (Wildman–Crippen LogP) is 2.79. The molecule has 0 aliphatic carbocycles. The first-order valence-corrected chi connectivity index (χ1v) is 7.83. The molecule has 1 aromatic rings. The van der Waals surface area contributed by atoms with Crippen molar-refractivity contribution in [3.8, 4) is 0 Å². The van der Waals surface area contributed by atoms with Crippen LogP contribution >= 0.6 is 11.3 Å². The Morgan fingerprint density at radius 2 is 2.28 bits per heavy atom. The number of hydrogen-bond acceptors (Lipinski definition) is 4. The van der Waals surface area contributed by atoms with Gasteiger partial charge in [-0.05, 0) is 39.8 Å². The molecule has 2 unspecified atom stereocenters. The van der Waals surface area contributed by atoms with Crippen LogP contribution < -0.4 is 5.73 Å². The third-order valence-electron chi connectivity index (χ3n) is 3.91. The lowest BCUT2D eigenvalue weighted by atomic mass is 9.98. The van der Waals surface area contributed by atoms with Crippen LogP contribution in [0, 0.1) is 0 Å². The summed E-state index contributed by atoms with van der Waals surface area (Å²) in [4.78, 5) is 8.55. The monoisotopic (exact) mass is 267 g/mol. The van der Waals surface area contributed by atoms with E-state index in [2.05, 4.69) is 30.7 Å². The Labute approximate surface area is 114 Å². The van der Waals surface area contributed by atoms with Gasteiger partial charge in [0, 0.05) is 35.5 Å². The van der Waals surface area contributed by atoms with Crippen molar-refractivity contribution in [3.63, 3.8) is 0 Å². The van der Waals surface area contributed by atoms with Crippen LogP contribution in [0.5, 0.6) is 0 Å². The molecule has 0 amide bonds. The maximum Gasteiger partial charge on any atom is 0.0971 e. The predicted molar refractivity (Wildman–Crippen MR) is 78.3 cm³/mol.